The van der Waals surface area contributed by atoms with Crippen LogP contribution in [0, 0.1) is 18.3 Å². The monoisotopic (exact) mass is 571 g/mol. The lowest BCUT2D eigenvalue weighted by atomic mass is 10.0. The van der Waals surface area contributed by atoms with Crippen molar-refractivity contribution < 1.29 is 60.0 Å². The minimum absolute atomic E-state index is 0.123. The number of H-pyrrole nitrogens is 1. The van der Waals surface area contributed by atoms with Gasteiger partial charge in [0, 0.05) is 23.7 Å². The predicted molar refractivity (Wildman–Crippen MR) is 137 cm³/mol. The second-order valence-electron chi connectivity index (χ2n) is 7.46. The second-order valence-corrected chi connectivity index (χ2v) is 7.46. The number of rotatable bonds is 5. The van der Waals surface area contributed by atoms with E-state index in [9.17, 15) is 24.0 Å². The summed E-state index contributed by atoms with van der Waals surface area (Å²) < 4.78 is 0. The van der Waals surface area contributed by atoms with E-state index < -0.39 is 48.3 Å². The molecule has 0 fully saturated rings. The Kier molecular flexibility index (Phi) is 21.2. The Bertz CT molecular complexity index is 1100. The Labute approximate surface area is 228 Å². The zero-order valence-corrected chi connectivity index (χ0v) is 22.2. The SMILES string of the molecule is CC(O)C(=O)O.CC(O)C(=O)O.CC(O)C(=O)O.CC(O)C(=O)O.Cc1[nH]c(=O)c(C#N)cc1-c1ccncc1. The van der Waals surface area contributed by atoms with Crippen LogP contribution in [-0.2, 0) is 19.2 Å². The maximum absolute atomic E-state index is 11.4. The molecule has 0 bridgehead atoms. The van der Waals surface area contributed by atoms with Gasteiger partial charge in [-0.25, -0.2) is 19.2 Å². The summed E-state index contributed by atoms with van der Waals surface area (Å²) in [5, 5.41) is 71.9. The molecule has 0 saturated heterocycles. The molecule has 4 atom stereocenters. The maximum Gasteiger partial charge on any atom is 0.332 e. The van der Waals surface area contributed by atoms with Gasteiger partial charge >= 0.3 is 23.9 Å². The molecule has 2 rings (SSSR count). The van der Waals surface area contributed by atoms with Crippen molar-refractivity contribution in [2.24, 2.45) is 0 Å². The van der Waals surface area contributed by atoms with Gasteiger partial charge in [-0.3, -0.25) is 9.78 Å². The minimum Gasteiger partial charge on any atom is -0.479 e. The average Bonchev–Trinajstić information content (AvgIpc) is 2.86. The molecule has 0 aliphatic heterocycles. The zero-order valence-electron chi connectivity index (χ0n) is 22.2. The first kappa shape index (κ1) is 39.8. The number of aliphatic carboxylic acids is 4. The Hall–Kier alpha value is -4.69. The number of aliphatic hydroxyl groups excluding tert-OH is 4. The lowest BCUT2D eigenvalue weighted by Gasteiger charge is -2.05. The fraction of sp³-hybridized carbons (Fsp3) is 0.375. The summed E-state index contributed by atoms with van der Waals surface area (Å²) in [6.45, 7) is 6.59. The highest BCUT2D eigenvalue weighted by Crippen LogP contribution is 2.20. The highest BCUT2D eigenvalue weighted by Gasteiger charge is 2.07. The molecule has 40 heavy (non-hydrogen) atoms. The molecular formula is C24H33N3O13. The van der Waals surface area contributed by atoms with Crippen molar-refractivity contribution in [1.82, 2.24) is 9.97 Å². The van der Waals surface area contributed by atoms with Gasteiger partial charge in [-0.1, -0.05) is 0 Å². The number of nitriles is 1. The Morgan fingerprint density at radius 3 is 1.32 bits per heavy atom. The van der Waals surface area contributed by atoms with E-state index in [2.05, 4.69) is 9.97 Å². The summed E-state index contributed by atoms with van der Waals surface area (Å²) in [4.78, 5) is 55.7. The number of nitrogens with zero attached hydrogens (tertiary/aromatic N) is 2. The first-order chi connectivity index (χ1) is 18.3. The quantitative estimate of drug-likeness (QED) is 0.217. The van der Waals surface area contributed by atoms with Gasteiger partial charge in [-0.05, 0) is 58.4 Å². The van der Waals surface area contributed by atoms with Gasteiger partial charge in [0.05, 0.1) is 0 Å². The standard InChI is InChI=1S/C12H9N3O.4C3H6O3/c1-8-11(9-2-4-14-5-3-9)6-10(7-13)12(16)15-8;4*1-2(4)3(5)6/h2-6H,1H3,(H,15,16);4*2,4H,1H3,(H,5,6). The summed E-state index contributed by atoms with van der Waals surface area (Å²) in [5.41, 5.74) is 2.30. The van der Waals surface area contributed by atoms with Crippen LogP contribution < -0.4 is 5.56 Å². The van der Waals surface area contributed by atoms with E-state index in [0.29, 0.717) is 0 Å². The van der Waals surface area contributed by atoms with Crippen LogP contribution in [-0.4, -0.2) is 99.1 Å². The van der Waals surface area contributed by atoms with E-state index >= 15 is 0 Å². The smallest absolute Gasteiger partial charge is 0.332 e. The number of aryl methyl sites for hydroxylation is 1. The number of pyridine rings is 2. The van der Waals surface area contributed by atoms with Crippen LogP contribution in [0.15, 0.2) is 35.4 Å². The molecule has 0 aromatic carbocycles. The second kappa shape index (κ2) is 21.3. The van der Waals surface area contributed by atoms with E-state index in [4.69, 9.17) is 46.1 Å². The summed E-state index contributed by atoms with van der Waals surface area (Å²) in [6, 6.07) is 7.14. The third-order valence-electron chi connectivity index (χ3n) is 3.78. The van der Waals surface area contributed by atoms with Crippen molar-refractivity contribution in [3.8, 4) is 17.2 Å². The maximum atomic E-state index is 11.4. The predicted octanol–water partition coefficient (Wildman–Crippen LogP) is -0.576. The number of nitrogens with one attached hydrogen (secondary N) is 1. The number of aliphatic hydroxyl groups is 4. The van der Waals surface area contributed by atoms with E-state index in [1.165, 1.54) is 27.7 Å². The average molecular weight is 572 g/mol. The van der Waals surface area contributed by atoms with E-state index in [1.54, 1.807) is 25.4 Å². The molecule has 0 saturated carbocycles. The van der Waals surface area contributed by atoms with Gasteiger partial charge in [0.15, 0.2) is 0 Å². The van der Waals surface area contributed by atoms with Crippen LogP contribution in [0.1, 0.15) is 39.0 Å². The molecule has 16 nitrogen and oxygen atoms in total. The van der Waals surface area contributed by atoms with Crippen LogP contribution in [0.25, 0.3) is 11.1 Å². The molecule has 0 aliphatic rings. The summed E-state index contributed by atoms with van der Waals surface area (Å²) in [7, 11) is 0. The molecule has 0 spiro atoms. The Morgan fingerprint density at radius 2 is 1.07 bits per heavy atom. The number of carbonyl (C=O) groups is 4. The molecule has 16 heteroatoms. The summed E-state index contributed by atoms with van der Waals surface area (Å²) in [5.74, 6) is -4.74. The molecule has 2 heterocycles. The van der Waals surface area contributed by atoms with Gasteiger partial charge in [0.25, 0.3) is 5.56 Å². The number of hydrogen-bond donors (Lipinski definition) is 9. The van der Waals surface area contributed by atoms with E-state index in [0.717, 1.165) is 16.8 Å². The van der Waals surface area contributed by atoms with E-state index in [1.807, 2.05) is 18.2 Å². The number of carboxylic acid groups (broad SMARTS) is 4. The zero-order chi connectivity index (χ0) is 32.2. The Balaban J connectivity index is -0.000000480. The third-order valence-corrected chi connectivity index (χ3v) is 3.78. The van der Waals surface area contributed by atoms with Crippen molar-refractivity contribution in [1.29, 1.82) is 5.26 Å². The fourth-order valence-corrected chi connectivity index (χ4v) is 1.54. The van der Waals surface area contributed by atoms with Gasteiger partial charge in [-0.15, -0.1) is 0 Å². The highest BCUT2D eigenvalue weighted by molar-refractivity contribution is 5.72. The molecule has 2 aromatic heterocycles. The van der Waals surface area contributed by atoms with Gasteiger partial charge < -0.3 is 45.8 Å². The number of hydrogen-bond acceptors (Lipinski definition) is 11. The lowest BCUT2D eigenvalue weighted by molar-refractivity contribution is -0.146. The Morgan fingerprint density at radius 1 is 0.775 bits per heavy atom. The molecule has 2 aromatic rings. The normalized spacial score (nSPS) is 12.1. The molecule has 4 unspecified atom stereocenters. The van der Waals surface area contributed by atoms with Crippen LogP contribution in [0.2, 0.25) is 0 Å². The molecule has 222 valence electrons. The van der Waals surface area contributed by atoms with Gasteiger partial charge in [0.1, 0.15) is 36.0 Å². The van der Waals surface area contributed by atoms with Crippen LogP contribution in [0.4, 0.5) is 0 Å². The van der Waals surface area contributed by atoms with Crippen molar-refractivity contribution in [3.63, 3.8) is 0 Å². The number of aromatic amines is 1. The molecule has 0 radical (unpaired) electrons. The number of aromatic nitrogens is 2. The molecular weight excluding hydrogens is 538 g/mol. The molecule has 9 N–H and O–H groups in total. The largest absolute Gasteiger partial charge is 0.479 e. The first-order valence-corrected chi connectivity index (χ1v) is 11.0. The van der Waals surface area contributed by atoms with Crippen LogP contribution in [0.3, 0.4) is 0 Å². The van der Waals surface area contributed by atoms with Crippen molar-refractivity contribution in [3.05, 3.63) is 52.2 Å². The summed E-state index contributed by atoms with van der Waals surface area (Å²) in [6.07, 6.45) is -1.58. The number of carboxylic acids is 4. The topological polar surface area (TPSA) is 300 Å². The minimum atomic E-state index is -1.23. The van der Waals surface area contributed by atoms with Crippen molar-refractivity contribution >= 4 is 23.9 Å². The molecule has 0 amide bonds. The van der Waals surface area contributed by atoms with E-state index in [-0.39, 0.29) is 11.1 Å². The van der Waals surface area contributed by atoms with Crippen molar-refractivity contribution in [2.75, 3.05) is 0 Å². The third kappa shape index (κ3) is 20.4. The summed E-state index contributed by atoms with van der Waals surface area (Å²) >= 11 is 0. The van der Waals surface area contributed by atoms with Gasteiger partial charge in [0.2, 0.25) is 0 Å². The van der Waals surface area contributed by atoms with Gasteiger partial charge in [-0.2, -0.15) is 5.26 Å². The van der Waals surface area contributed by atoms with Crippen LogP contribution in [0.5, 0.6) is 0 Å². The lowest BCUT2D eigenvalue weighted by Crippen LogP contribution is -2.13. The first-order valence-electron chi connectivity index (χ1n) is 11.0. The van der Waals surface area contributed by atoms with Crippen molar-refractivity contribution in [2.45, 2.75) is 59.0 Å². The molecule has 0 aliphatic carbocycles. The van der Waals surface area contributed by atoms with Crippen LogP contribution >= 0.6 is 0 Å². The highest BCUT2D eigenvalue weighted by atomic mass is 16.4. The fourth-order valence-electron chi connectivity index (χ4n) is 1.54.